The molecule has 102 valence electrons. The van der Waals surface area contributed by atoms with E-state index < -0.39 is 0 Å². The topological polar surface area (TPSA) is 53.7 Å². The van der Waals surface area contributed by atoms with Gasteiger partial charge in [-0.05, 0) is 23.8 Å². The minimum atomic E-state index is -0.149. The monoisotopic (exact) mass is 269 g/mol. The average molecular weight is 269 g/mol. The van der Waals surface area contributed by atoms with Crippen molar-refractivity contribution >= 4 is 5.91 Å². The number of aliphatic hydroxyl groups excluding tert-OH is 1. The van der Waals surface area contributed by atoms with Gasteiger partial charge in [0.1, 0.15) is 12.9 Å². The van der Waals surface area contributed by atoms with E-state index in [4.69, 9.17) is 9.52 Å². The molecule has 4 heteroatoms. The normalized spacial score (nSPS) is 9.70. The van der Waals surface area contributed by atoms with Crippen LogP contribution >= 0.6 is 0 Å². The molecule has 0 saturated carbocycles. The van der Waals surface area contributed by atoms with Crippen LogP contribution in [0.25, 0.3) is 0 Å². The minimum absolute atomic E-state index is 0.0806. The Hall–Kier alpha value is -2.51. The standard InChI is InChI=1S/C16H15NO3/c1-17(16(19)15-8-10-20-12-15)11-14-6-4-13(5-7-14)3-2-9-18/h4-8,10,12,18H,9,11H2,1H3. The number of carbonyl (C=O) groups excluding carboxylic acids is 1. The van der Waals surface area contributed by atoms with Crippen LogP contribution < -0.4 is 0 Å². The third-order valence-electron chi connectivity index (χ3n) is 2.80. The Morgan fingerprint density at radius 2 is 2.05 bits per heavy atom. The smallest absolute Gasteiger partial charge is 0.257 e. The van der Waals surface area contributed by atoms with E-state index in [0.29, 0.717) is 12.1 Å². The molecule has 1 heterocycles. The lowest BCUT2D eigenvalue weighted by Crippen LogP contribution is -2.25. The maximum Gasteiger partial charge on any atom is 0.257 e. The second-order valence-electron chi connectivity index (χ2n) is 4.33. The lowest BCUT2D eigenvalue weighted by atomic mass is 10.1. The fourth-order valence-corrected chi connectivity index (χ4v) is 1.79. The molecular weight excluding hydrogens is 254 g/mol. The first-order valence-corrected chi connectivity index (χ1v) is 6.17. The molecule has 4 nitrogen and oxygen atoms in total. The van der Waals surface area contributed by atoms with Crippen LogP contribution in [0.15, 0.2) is 47.3 Å². The summed E-state index contributed by atoms with van der Waals surface area (Å²) in [5.41, 5.74) is 2.39. The third kappa shape index (κ3) is 3.50. The number of aliphatic hydroxyl groups is 1. The zero-order valence-corrected chi connectivity index (χ0v) is 11.2. The zero-order chi connectivity index (χ0) is 14.4. The zero-order valence-electron chi connectivity index (χ0n) is 11.2. The highest BCUT2D eigenvalue weighted by atomic mass is 16.3. The van der Waals surface area contributed by atoms with Crippen molar-refractivity contribution in [2.45, 2.75) is 6.54 Å². The molecule has 0 aliphatic heterocycles. The number of amides is 1. The highest BCUT2D eigenvalue weighted by Crippen LogP contribution is 2.10. The SMILES string of the molecule is CN(Cc1ccc(C#CCO)cc1)C(=O)c1ccoc1. The summed E-state index contributed by atoms with van der Waals surface area (Å²) in [7, 11) is 1.74. The van der Waals surface area contributed by atoms with Gasteiger partial charge < -0.3 is 14.4 Å². The first-order chi connectivity index (χ1) is 9.70. The third-order valence-corrected chi connectivity index (χ3v) is 2.80. The molecule has 0 radical (unpaired) electrons. The molecule has 0 spiro atoms. The molecule has 20 heavy (non-hydrogen) atoms. The molecule has 0 bridgehead atoms. The van der Waals surface area contributed by atoms with E-state index in [1.54, 1.807) is 18.0 Å². The Kier molecular flexibility index (Phi) is 4.59. The predicted molar refractivity (Wildman–Crippen MR) is 74.9 cm³/mol. The minimum Gasteiger partial charge on any atom is -0.472 e. The Morgan fingerprint density at radius 3 is 2.65 bits per heavy atom. The van der Waals surface area contributed by atoms with Gasteiger partial charge in [-0.15, -0.1) is 0 Å². The number of rotatable bonds is 3. The summed E-state index contributed by atoms with van der Waals surface area (Å²) in [6.45, 7) is 0.363. The number of nitrogens with zero attached hydrogens (tertiary/aromatic N) is 1. The molecule has 1 aromatic carbocycles. The summed E-state index contributed by atoms with van der Waals surface area (Å²) in [4.78, 5) is 13.7. The van der Waals surface area contributed by atoms with Gasteiger partial charge in [0, 0.05) is 19.2 Å². The number of benzene rings is 1. The van der Waals surface area contributed by atoms with Crippen molar-refractivity contribution in [3.05, 3.63) is 59.5 Å². The molecule has 0 atom stereocenters. The Morgan fingerprint density at radius 1 is 1.30 bits per heavy atom. The van der Waals surface area contributed by atoms with Crippen LogP contribution in [0.5, 0.6) is 0 Å². The Bertz CT molecular complexity index is 618. The van der Waals surface area contributed by atoms with Gasteiger partial charge in [-0.25, -0.2) is 0 Å². The van der Waals surface area contributed by atoms with Crippen molar-refractivity contribution in [2.24, 2.45) is 0 Å². The second-order valence-corrected chi connectivity index (χ2v) is 4.33. The number of hydrogen-bond acceptors (Lipinski definition) is 3. The Balaban J connectivity index is 2.01. The first kappa shape index (κ1) is 13.9. The Labute approximate surface area is 117 Å². The first-order valence-electron chi connectivity index (χ1n) is 6.17. The van der Waals surface area contributed by atoms with E-state index in [-0.39, 0.29) is 12.5 Å². The molecule has 2 rings (SSSR count). The maximum absolute atomic E-state index is 12.0. The summed E-state index contributed by atoms with van der Waals surface area (Å²) < 4.78 is 4.91. The van der Waals surface area contributed by atoms with Gasteiger partial charge in [-0.3, -0.25) is 4.79 Å². The predicted octanol–water partition coefficient (Wildman–Crippen LogP) is 1.90. The van der Waals surface area contributed by atoms with Crippen molar-refractivity contribution in [3.63, 3.8) is 0 Å². The van der Waals surface area contributed by atoms with Crippen LogP contribution in [-0.2, 0) is 6.54 Å². The largest absolute Gasteiger partial charge is 0.472 e. The molecule has 0 saturated heterocycles. The van der Waals surface area contributed by atoms with E-state index in [0.717, 1.165) is 11.1 Å². The van der Waals surface area contributed by atoms with Crippen LogP contribution in [0.1, 0.15) is 21.5 Å². The fourth-order valence-electron chi connectivity index (χ4n) is 1.79. The number of carbonyl (C=O) groups is 1. The molecule has 0 aliphatic rings. The lowest BCUT2D eigenvalue weighted by molar-refractivity contribution is 0.0784. The molecular formula is C16H15NO3. The second kappa shape index (κ2) is 6.60. The highest BCUT2D eigenvalue weighted by molar-refractivity contribution is 5.93. The van der Waals surface area contributed by atoms with E-state index in [2.05, 4.69) is 11.8 Å². The molecule has 1 amide bonds. The molecule has 1 N–H and O–H groups in total. The highest BCUT2D eigenvalue weighted by Gasteiger charge is 2.12. The van der Waals surface area contributed by atoms with Gasteiger partial charge >= 0.3 is 0 Å². The van der Waals surface area contributed by atoms with Crippen molar-refractivity contribution in [3.8, 4) is 11.8 Å². The summed E-state index contributed by atoms with van der Waals surface area (Å²) in [5, 5.41) is 8.63. The quantitative estimate of drug-likeness (QED) is 0.866. The summed E-state index contributed by atoms with van der Waals surface area (Å²) >= 11 is 0. The van der Waals surface area contributed by atoms with Crippen molar-refractivity contribution in [2.75, 3.05) is 13.7 Å². The molecule has 0 fully saturated rings. The van der Waals surface area contributed by atoms with Gasteiger partial charge in [-0.2, -0.15) is 0 Å². The van der Waals surface area contributed by atoms with Gasteiger partial charge in [0.15, 0.2) is 0 Å². The van der Waals surface area contributed by atoms with Gasteiger partial charge in [0.05, 0.1) is 11.8 Å². The molecule has 1 aromatic heterocycles. The summed E-state index contributed by atoms with van der Waals surface area (Å²) in [6.07, 6.45) is 2.92. The number of furan rings is 1. The van der Waals surface area contributed by atoms with Crippen LogP contribution in [0.2, 0.25) is 0 Å². The van der Waals surface area contributed by atoms with E-state index >= 15 is 0 Å². The fraction of sp³-hybridized carbons (Fsp3) is 0.188. The van der Waals surface area contributed by atoms with Crippen LogP contribution in [0.4, 0.5) is 0 Å². The molecule has 0 unspecified atom stereocenters. The van der Waals surface area contributed by atoms with Gasteiger partial charge in [0.25, 0.3) is 5.91 Å². The van der Waals surface area contributed by atoms with E-state index in [1.807, 2.05) is 24.3 Å². The van der Waals surface area contributed by atoms with Crippen molar-refractivity contribution in [1.82, 2.24) is 4.90 Å². The lowest BCUT2D eigenvalue weighted by Gasteiger charge is -2.16. The number of hydrogen-bond donors (Lipinski definition) is 1. The summed E-state index contributed by atoms with van der Waals surface area (Å²) in [6, 6.07) is 9.22. The van der Waals surface area contributed by atoms with Crippen molar-refractivity contribution < 1.29 is 14.3 Å². The summed E-state index contributed by atoms with van der Waals surface area (Å²) in [5.74, 6) is 5.34. The van der Waals surface area contributed by atoms with Crippen LogP contribution in [-0.4, -0.2) is 29.6 Å². The molecule has 2 aromatic rings. The molecule has 0 aliphatic carbocycles. The van der Waals surface area contributed by atoms with Crippen LogP contribution in [0, 0.1) is 11.8 Å². The average Bonchev–Trinajstić information content (AvgIpc) is 3.00. The van der Waals surface area contributed by atoms with Crippen molar-refractivity contribution in [1.29, 1.82) is 0 Å². The van der Waals surface area contributed by atoms with E-state index in [1.165, 1.54) is 12.5 Å². The maximum atomic E-state index is 12.0. The van der Waals surface area contributed by atoms with Gasteiger partial charge in [-0.1, -0.05) is 24.0 Å². The van der Waals surface area contributed by atoms with Crippen LogP contribution in [0.3, 0.4) is 0 Å². The van der Waals surface area contributed by atoms with E-state index in [9.17, 15) is 4.79 Å². The van der Waals surface area contributed by atoms with Gasteiger partial charge in [0.2, 0.25) is 0 Å².